The van der Waals surface area contributed by atoms with Gasteiger partial charge >= 0.3 is 0 Å². The summed E-state index contributed by atoms with van der Waals surface area (Å²) in [6, 6.07) is 16.9. The van der Waals surface area contributed by atoms with Crippen LogP contribution in [0.4, 0.5) is 0 Å². The van der Waals surface area contributed by atoms with E-state index in [1.807, 2.05) is 56.5 Å². The van der Waals surface area contributed by atoms with Crippen molar-refractivity contribution in [2.75, 3.05) is 28.2 Å². The van der Waals surface area contributed by atoms with Gasteiger partial charge in [0.25, 0.3) is 0 Å². The second kappa shape index (κ2) is 9.02. The number of para-hydroxylation sites is 2. The van der Waals surface area contributed by atoms with E-state index < -0.39 is 0 Å². The van der Waals surface area contributed by atoms with Crippen LogP contribution in [-0.4, -0.2) is 53.5 Å². The molecule has 0 unspecified atom stereocenters. The highest BCUT2D eigenvalue weighted by molar-refractivity contribution is 14.0. The maximum Gasteiger partial charge on any atom is 0.195 e. The zero-order chi connectivity index (χ0) is 17.8. The van der Waals surface area contributed by atoms with Crippen molar-refractivity contribution >= 4 is 41.0 Å². The van der Waals surface area contributed by atoms with Gasteiger partial charge in [0.1, 0.15) is 0 Å². The zero-order valence-electron chi connectivity index (χ0n) is 15.8. The standard InChI is InChI=1S/C20H25N5.HI/c1-23(2)20(24(3)4)21-13-16-9-11-17(12-10-16)14-25-15-22-18-7-5-6-8-19(18)25;/h5-12,15H,13-14H2,1-4H3;1H. The van der Waals surface area contributed by atoms with Gasteiger partial charge in [0.05, 0.1) is 23.9 Å². The Morgan fingerprint density at radius 1 is 0.923 bits per heavy atom. The van der Waals surface area contributed by atoms with Gasteiger partial charge in [-0.2, -0.15) is 0 Å². The number of hydrogen-bond acceptors (Lipinski definition) is 2. The van der Waals surface area contributed by atoms with Crippen LogP contribution in [0.3, 0.4) is 0 Å². The van der Waals surface area contributed by atoms with Crippen molar-refractivity contribution in [3.05, 3.63) is 66.0 Å². The molecule has 0 aliphatic rings. The van der Waals surface area contributed by atoms with Gasteiger partial charge in [-0.1, -0.05) is 36.4 Å². The smallest absolute Gasteiger partial charge is 0.195 e. The third-order valence-electron chi connectivity index (χ3n) is 4.11. The SMILES string of the molecule is CN(C)C(=NCc1ccc(Cn2cnc3ccccc32)cc1)N(C)C.I. The number of fused-ring (bicyclic) bond motifs is 1. The van der Waals surface area contributed by atoms with Crippen LogP contribution >= 0.6 is 24.0 Å². The lowest BCUT2D eigenvalue weighted by Crippen LogP contribution is -2.35. The summed E-state index contributed by atoms with van der Waals surface area (Å²) in [7, 11) is 8.05. The summed E-state index contributed by atoms with van der Waals surface area (Å²) in [6.07, 6.45) is 1.91. The van der Waals surface area contributed by atoms with Crippen molar-refractivity contribution in [2.45, 2.75) is 13.1 Å². The lowest BCUT2D eigenvalue weighted by molar-refractivity contribution is 0.479. The van der Waals surface area contributed by atoms with Crippen LogP contribution in [0.2, 0.25) is 0 Å². The lowest BCUT2D eigenvalue weighted by atomic mass is 10.1. The number of nitrogens with zero attached hydrogens (tertiary/aromatic N) is 5. The molecule has 0 aliphatic carbocycles. The van der Waals surface area contributed by atoms with E-state index in [2.05, 4.69) is 45.9 Å². The predicted molar refractivity (Wildman–Crippen MR) is 119 cm³/mol. The number of aliphatic imine (C=N–C) groups is 1. The van der Waals surface area contributed by atoms with Crippen molar-refractivity contribution < 1.29 is 0 Å². The highest BCUT2D eigenvalue weighted by Gasteiger charge is 2.05. The Labute approximate surface area is 172 Å². The maximum atomic E-state index is 4.69. The summed E-state index contributed by atoms with van der Waals surface area (Å²) in [4.78, 5) is 13.2. The predicted octanol–water partition coefficient (Wildman–Crippen LogP) is 3.68. The Hall–Kier alpha value is -2.09. The maximum absolute atomic E-state index is 4.69. The molecule has 3 aromatic rings. The average molecular weight is 463 g/mol. The Kier molecular flexibility index (Phi) is 7.02. The molecule has 138 valence electrons. The molecule has 0 aliphatic heterocycles. The number of imidazole rings is 1. The molecule has 6 heteroatoms. The lowest BCUT2D eigenvalue weighted by Gasteiger charge is -2.22. The number of aromatic nitrogens is 2. The van der Waals surface area contributed by atoms with Crippen LogP contribution in [-0.2, 0) is 13.1 Å². The second-order valence-corrected chi connectivity index (χ2v) is 6.58. The summed E-state index contributed by atoms with van der Waals surface area (Å²) in [6.45, 7) is 1.50. The topological polar surface area (TPSA) is 36.7 Å². The summed E-state index contributed by atoms with van der Waals surface area (Å²) in [5.74, 6) is 0.967. The third-order valence-corrected chi connectivity index (χ3v) is 4.11. The van der Waals surface area contributed by atoms with Crippen LogP contribution in [0, 0.1) is 0 Å². The van der Waals surface area contributed by atoms with Crippen molar-refractivity contribution in [3.8, 4) is 0 Å². The van der Waals surface area contributed by atoms with Crippen molar-refractivity contribution in [3.63, 3.8) is 0 Å². The van der Waals surface area contributed by atoms with Crippen LogP contribution in [0.25, 0.3) is 11.0 Å². The van der Waals surface area contributed by atoms with Crippen molar-refractivity contribution in [2.24, 2.45) is 4.99 Å². The normalized spacial score (nSPS) is 10.3. The van der Waals surface area contributed by atoms with Crippen LogP contribution in [0.1, 0.15) is 11.1 Å². The minimum Gasteiger partial charge on any atom is -0.349 e. The van der Waals surface area contributed by atoms with Gasteiger partial charge in [-0.05, 0) is 23.3 Å². The van der Waals surface area contributed by atoms with Crippen LogP contribution < -0.4 is 0 Å². The highest BCUT2D eigenvalue weighted by atomic mass is 127. The molecule has 0 saturated carbocycles. The molecule has 0 spiro atoms. The molecule has 0 N–H and O–H groups in total. The second-order valence-electron chi connectivity index (χ2n) is 6.58. The van der Waals surface area contributed by atoms with E-state index in [4.69, 9.17) is 4.99 Å². The quantitative estimate of drug-likeness (QED) is 0.337. The molecule has 5 nitrogen and oxygen atoms in total. The van der Waals surface area contributed by atoms with E-state index in [-0.39, 0.29) is 24.0 Å². The molecule has 3 rings (SSSR count). The molecule has 0 saturated heterocycles. The molecular formula is C20H26IN5. The summed E-state index contributed by atoms with van der Waals surface area (Å²) in [5.41, 5.74) is 4.67. The molecular weight excluding hydrogens is 437 g/mol. The number of rotatable bonds is 4. The monoisotopic (exact) mass is 463 g/mol. The van der Waals surface area contributed by atoms with Gasteiger partial charge in [0.2, 0.25) is 0 Å². The molecule has 0 fully saturated rings. The average Bonchev–Trinajstić information content (AvgIpc) is 2.99. The molecule has 0 bridgehead atoms. The molecule has 0 atom stereocenters. The molecule has 0 amide bonds. The first kappa shape index (κ1) is 20.2. The van der Waals surface area contributed by atoms with Crippen molar-refractivity contribution in [1.29, 1.82) is 0 Å². The first-order chi connectivity index (χ1) is 12.0. The number of guanidine groups is 1. The Balaban J connectivity index is 0.00000243. The fraction of sp³-hybridized carbons (Fsp3) is 0.300. The van der Waals surface area contributed by atoms with E-state index in [0.29, 0.717) is 6.54 Å². The van der Waals surface area contributed by atoms with Gasteiger partial charge in [-0.3, -0.25) is 0 Å². The fourth-order valence-corrected chi connectivity index (χ4v) is 2.93. The molecule has 1 heterocycles. The van der Waals surface area contributed by atoms with E-state index in [9.17, 15) is 0 Å². The van der Waals surface area contributed by atoms with Gasteiger partial charge in [0.15, 0.2) is 5.96 Å². The van der Waals surface area contributed by atoms with E-state index in [1.165, 1.54) is 11.1 Å². The van der Waals surface area contributed by atoms with E-state index in [1.54, 1.807) is 0 Å². The van der Waals surface area contributed by atoms with E-state index >= 15 is 0 Å². The minimum atomic E-state index is 0. The number of benzene rings is 2. The van der Waals surface area contributed by atoms with E-state index in [0.717, 1.165) is 23.5 Å². The van der Waals surface area contributed by atoms with Crippen molar-refractivity contribution in [1.82, 2.24) is 19.4 Å². The largest absolute Gasteiger partial charge is 0.349 e. The Morgan fingerprint density at radius 3 is 2.19 bits per heavy atom. The number of halogens is 1. The summed E-state index contributed by atoms with van der Waals surface area (Å²) < 4.78 is 2.18. The molecule has 1 aromatic heterocycles. The first-order valence-electron chi connectivity index (χ1n) is 8.41. The first-order valence-corrected chi connectivity index (χ1v) is 8.41. The van der Waals surface area contributed by atoms with Gasteiger partial charge < -0.3 is 14.4 Å². The highest BCUT2D eigenvalue weighted by Crippen LogP contribution is 2.15. The van der Waals surface area contributed by atoms with Gasteiger partial charge in [-0.25, -0.2) is 9.98 Å². The molecule has 0 radical (unpaired) electrons. The van der Waals surface area contributed by atoms with Crippen LogP contribution in [0.5, 0.6) is 0 Å². The van der Waals surface area contributed by atoms with Crippen LogP contribution in [0.15, 0.2) is 59.9 Å². The Morgan fingerprint density at radius 2 is 1.54 bits per heavy atom. The summed E-state index contributed by atoms with van der Waals surface area (Å²) in [5, 5.41) is 0. The zero-order valence-corrected chi connectivity index (χ0v) is 18.1. The fourth-order valence-electron chi connectivity index (χ4n) is 2.93. The molecule has 26 heavy (non-hydrogen) atoms. The van der Waals surface area contributed by atoms with Gasteiger partial charge in [0, 0.05) is 34.7 Å². The minimum absolute atomic E-state index is 0. The summed E-state index contributed by atoms with van der Waals surface area (Å²) >= 11 is 0. The number of hydrogen-bond donors (Lipinski definition) is 0. The Bertz CT molecular complexity index is 855. The third kappa shape index (κ3) is 4.75. The molecule has 2 aromatic carbocycles. The van der Waals surface area contributed by atoms with Gasteiger partial charge in [-0.15, -0.1) is 24.0 Å².